The zero-order valence-electron chi connectivity index (χ0n) is 68.1. The van der Waals surface area contributed by atoms with Crippen molar-refractivity contribution in [3.05, 3.63) is 182 Å². The number of likely N-dealkylation sites (N-methyl/N-ethyl adjacent to an activating group) is 1. The molecule has 126 heavy (non-hydrogen) atoms. The van der Waals surface area contributed by atoms with Crippen LogP contribution in [0.25, 0.3) is 23.3 Å². The number of fused-ring (bicyclic) bond motifs is 15. The number of aromatic hydroxyl groups is 3. The number of amides is 7. The molecule has 40 heteroatoms. The van der Waals surface area contributed by atoms with Crippen molar-refractivity contribution in [3.63, 3.8) is 0 Å². The Morgan fingerprint density at radius 2 is 1.36 bits per heavy atom. The van der Waals surface area contributed by atoms with Crippen molar-refractivity contribution in [2.45, 2.75) is 193 Å². The predicted octanol–water partition coefficient (Wildman–Crippen LogP) is 2.53. The summed E-state index contributed by atoms with van der Waals surface area (Å²) in [7, 11) is 1.47. The molecule has 7 amide bonds. The number of pyridine rings is 1. The number of phenols is 3. The van der Waals surface area contributed by atoms with Gasteiger partial charge in [-0.15, -0.1) is 0 Å². The standard InChI is InChI=1S/C86H96Cl2FN11O26/c1-35(2)20-50(92-5)77(112)100-70-71(108)41-12-19-57(49(88)23-41)122-59-25-42-24-58(74(59)125-85-73(110)72(109)75(62(34-101)124-85)126-84-55(106)29-53(104)61(123-84)33-93-31-38-9-16-44(94-32-38)15-8-37-6-13-43(89)14-7-37)121-56-18-11-39(22-48(56)87)64(60-30-86(4,91)76(111)36(3)120-60)69-81(116)98-68(83(118)119)47-26-45(102)27-54(105)65(47)46-21-40(10-17-52(46)103)66(79(114)99-69)97-80(115)67(42)96-78(113)51(28-63(90)107)95-82(70)117/h6-19,21-27,32,35-36,50-51,53,55,60-62,64,66-73,75-76,84-85,92-93,101-106,108-111H,20,28-31,33-34,91H2,1-5H3,(H2,90,107)(H,95,117)(H,96,113)(H,97,115)(H,98,116)(H,99,114)(H,100,112)(H,118,119)/b15-8+/t36-,50+,51-,53+,55+,60?,61+,62+,64-,66+,67+,68+,69-,70?,71+,72+,73+,75+,76-,84-,85-,86-/m0/s1. The van der Waals surface area contributed by atoms with E-state index in [4.69, 9.17) is 67.8 Å². The van der Waals surface area contributed by atoms with Gasteiger partial charge in [0.05, 0.1) is 65.3 Å². The second kappa shape index (κ2) is 38.9. The lowest BCUT2D eigenvalue weighted by atomic mass is 9.75. The lowest BCUT2D eigenvalue weighted by Gasteiger charge is -2.47. The van der Waals surface area contributed by atoms with Crippen LogP contribution in [0.3, 0.4) is 0 Å². The molecule has 0 aliphatic carbocycles. The van der Waals surface area contributed by atoms with E-state index in [1.807, 2.05) is 13.8 Å². The number of nitrogens with zero attached hydrogens (tertiary/aromatic N) is 1. The van der Waals surface area contributed by atoms with Gasteiger partial charge in [0.2, 0.25) is 53.4 Å². The van der Waals surface area contributed by atoms with E-state index in [0.717, 1.165) is 59.7 Å². The molecule has 22 atom stereocenters. The predicted molar refractivity (Wildman–Crippen MR) is 444 cm³/mol. The molecule has 0 radical (unpaired) electrons. The van der Waals surface area contributed by atoms with E-state index >= 15 is 24.0 Å². The number of nitrogens with two attached hydrogens (primary N) is 2. The minimum Gasteiger partial charge on any atom is -0.508 e. The number of aliphatic hydroxyl groups is 7. The minimum atomic E-state index is -2.40. The zero-order valence-corrected chi connectivity index (χ0v) is 69.6. The number of rotatable bonds is 20. The summed E-state index contributed by atoms with van der Waals surface area (Å²) in [5.41, 5.74) is 10.5. The largest absolute Gasteiger partial charge is 0.508 e. The molecule has 37 nitrogen and oxygen atoms in total. The quantitative estimate of drug-likeness (QED) is 0.0521. The van der Waals surface area contributed by atoms with E-state index in [0.29, 0.717) is 5.69 Å². The first-order chi connectivity index (χ1) is 59.8. The molecule has 3 fully saturated rings. The summed E-state index contributed by atoms with van der Waals surface area (Å²) >= 11 is 14.6. The zero-order chi connectivity index (χ0) is 90.8. The monoisotopic (exact) mass is 1790 g/mol. The Kier molecular flexibility index (Phi) is 28.5. The number of carboxylic acids is 1. The summed E-state index contributed by atoms with van der Waals surface area (Å²) in [5.74, 6) is -18.2. The molecule has 672 valence electrons. The number of hydrogen-bond donors (Lipinski definition) is 21. The fourth-order valence-electron chi connectivity index (χ4n) is 16.1. The highest BCUT2D eigenvalue weighted by atomic mass is 35.5. The van der Waals surface area contributed by atoms with E-state index in [1.54, 1.807) is 42.6 Å². The lowest BCUT2D eigenvalue weighted by molar-refractivity contribution is -0.338. The highest BCUT2D eigenvalue weighted by Gasteiger charge is 2.53. The molecular weight excluding hydrogens is 1690 g/mol. The molecule has 0 saturated carbocycles. The van der Waals surface area contributed by atoms with Crippen molar-refractivity contribution in [2.75, 3.05) is 20.2 Å². The molecule has 15 rings (SSSR count). The molecule has 11 bridgehead atoms. The number of carbonyl (C=O) groups is 8. The third kappa shape index (κ3) is 20.5. The molecular formula is C86H96Cl2FN11O26. The van der Waals surface area contributed by atoms with E-state index < -0.39 is 266 Å². The number of aliphatic carboxylic acids is 1. The Morgan fingerprint density at radius 1 is 0.706 bits per heavy atom. The van der Waals surface area contributed by atoms with Gasteiger partial charge in [-0.1, -0.05) is 79.5 Å². The molecule has 1 aromatic heterocycles. The van der Waals surface area contributed by atoms with Gasteiger partial charge in [-0.2, -0.15) is 0 Å². The van der Waals surface area contributed by atoms with Gasteiger partial charge < -0.3 is 143 Å². The van der Waals surface area contributed by atoms with Gasteiger partial charge in [-0.25, -0.2) is 9.18 Å². The van der Waals surface area contributed by atoms with Crippen LogP contribution in [0.15, 0.2) is 121 Å². The van der Waals surface area contributed by atoms with E-state index in [2.05, 4.69) is 47.5 Å². The maximum Gasteiger partial charge on any atom is 0.330 e. The van der Waals surface area contributed by atoms with E-state index in [9.17, 15) is 74.9 Å². The first-order valence-electron chi connectivity index (χ1n) is 40.2. The number of nitrogens with one attached hydrogen (secondary N) is 8. The van der Waals surface area contributed by atoms with Gasteiger partial charge in [0.1, 0.15) is 101 Å². The highest BCUT2D eigenvalue weighted by molar-refractivity contribution is 6.32. The summed E-state index contributed by atoms with van der Waals surface area (Å²) in [6.45, 7) is 5.67. The second-order valence-electron chi connectivity index (χ2n) is 32.4. The first kappa shape index (κ1) is 92.4. The number of ether oxygens (including phenoxy) is 7. The van der Waals surface area contributed by atoms with Crippen LogP contribution in [0.2, 0.25) is 10.0 Å². The number of carbonyl (C=O) groups excluding carboxylic acids is 7. The number of carboxylic acid groups (broad SMARTS) is 1. The van der Waals surface area contributed by atoms with Crippen LogP contribution >= 0.6 is 23.2 Å². The highest BCUT2D eigenvalue weighted by Crippen LogP contribution is 2.51. The number of halogens is 3. The van der Waals surface area contributed by atoms with Crippen molar-refractivity contribution >= 4 is 82.7 Å². The van der Waals surface area contributed by atoms with Crippen LogP contribution in [-0.2, 0) is 63.8 Å². The van der Waals surface area contributed by atoms with Crippen molar-refractivity contribution in [1.29, 1.82) is 0 Å². The Bertz CT molecular complexity index is 5290. The van der Waals surface area contributed by atoms with Gasteiger partial charge in [0.15, 0.2) is 23.8 Å². The summed E-state index contributed by atoms with van der Waals surface area (Å²) in [4.78, 5) is 125. The average Bonchev–Trinajstić information content (AvgIpc) is 0.759. The van der Waals surface area contributed by atoms with Crippen molar-refractivity contribution in [3.8, 4) is 57.1 Å². The van der Waals surface area contributed by atoms with Crippen molar-refractivity contribution < 1.29 is 132 Å². The van der Waals surface area contributed by atoms with Gasteiger partial charge in [-0.3, -0.25) is 38.5 Å². The number of benzene rings is 6. The summed E-state index contributed by atoms with van der Waals surface area (Å²) < 4.78 is 58.7. The Balaban J connectivity index is 0.948. The number of aliphatic hydroxyl groups excluding tert-OH is 7. The molecule has 8 aliphatic heterocycles. The van der Waals surface area contributed by atoms with Gasteiger partial charge >= 0.3 is 5.97 Å². The van der Waals surface area contributed by atoms with Crippen LogP contribution in [0.5, 0.6) is 46.0 Å². The Morgan fingerprint density at radius 3 is 1.99 bits per heavy atom. The average molecular weight is 1790 g/mol. The fourth-order valence-corrected chi connectivity index (χ4v) is 16.6. The molecule has 6 aromatic carbocycles. The molecule has 23 N–H and O–H groups in total. The van der Waals surface area contributed by atoms with E-state index in [1.165, 1.54) is 63.4 Å². The number of aromatic nitrogens is 1. The summed E-state index contributed by atoms with van der Waals surface area (Å²) in [6.07, 6.45) is -18.5. The molecule has 0 spiro atoms. The maximum absolute atomic E-state index is 16.5. The van der Waals surface area contributed by atoms with Gasteiger partial charge in [0, 0.05) is 59.9 Å². The maximum atomic E-state index is 16.5. The van der Waals surface area contributed by atoms with E-state index in [-0.39, 0.29) is 66.5 Å². The molecule has 7 aromatic rings. The van der Waals surface area contributed by atoms with Crippen LogP contribution in [0.4, 0.5) is 4.39 Å². The minimum absolute atomic E-state index is 0.0284. The fraction of sp³-hybridized carbons (Fsp3) is 0.407. The molecule has 9 heterocycles. The van der Waals surface area contributed by atoms with Crippen LogP contribution in [0, 0.1) is 11.7 Å². The SMILES string of the molecule is CN[C@H](CC(C)C)C(=O)NC1C(=O)N[C@@H](CC(N)=O)C(=O)N[C@H]2C(=O)N[C@H]3C(=O)N[C@H](C(=O)N[C@@H](C(=O)O)c4cc(O)cc(O)c4-c4cc3ccc4O)[C@H](C3C[C@](C)(N)[C@@H](O)[C@H](C)O3)c3ccc(c(Cl)c3)Oc3cc2cc(c3O[C@@H]2O[C@H](CO)[C@@H](O[C@@H]3O[C@H](CNCc4ccc(/C=C/c5ccc(F)cc5)nc4)[C@H](O)C[C@H]3O)[C@H](O)[C@H]2O)Oc2ccc(cc2Cl)[C@H]1O. The normalized spacial score (nSPS) is 29.1. The lowest BCUT2D eigenvalue weighted by Crippen LogP contribution is -2.63. The second-order valence-corrected chi connectivity index (χ2v) is 33.2. The van der Waals surface area contributed by atoms with Crippen molar-refractivity contribution in [1.82, 2.24) is 47.5 Å². The number of primary amides is 1. The summed E-state index contributed by atoms with van der Waals surface area (Å²) in [6, 6.07) is 9.19. The van der Waals surface area contributed by atoms with Gasteiger partial charge in [-0.05, 0) is 152 Å². The molecule has 2 unspecified atom stereocenters. The van der Waals surface area contributed by atoms with Crippen molar-refractivity contribution in [2.24, 2.45) is 17.4 Å². The topological polar surface area (TPSA) is 585 Å². The Labute approximate surface area is 728 Å². The van der Waals surface area contributed by atoms with Crippen LogP contribution in [0.1, 0.15) is 128 Å². The number of hydrogen-bond acceptors (Lipinski definition) is 29. The smallest absolute Gasteiger partial charge is 0.330 e. The van der Waals surface area contributed by atoms with Crippen LogP contribution < -0.4 is 68.2 Å². The molecule has 8 aliphatic rings. The summed E-state index contributed by atoms with van der Waals surface area (Å²) in [5, 5.41) is 149. The van der Waals surface area contributed by atoms with Crippen LogP contribution in [-0.4, -0.2) is 232 Å². The molecule has 3 saturated heterocycles. The third-order valence-electron chi connectivity index (χ3n) is 22.7. The first-order valence-corrected chi connectivity index (χ1v) is 41.0. The number of phenolic OH excluding ortho intramolecular Hbond substituents is 3. The third-order valence-corrected chi connectivity index (χ3v) is 23.3. The Hall–Kier alpha value is -11.3. The van der Waals surface area contributed by atoms with Gasteiger partial charge in [0.25, 0.3) is 0 Å².